The Morgan fingerprint density at radius 1 is 1.28 bits per heavy atom. The number of rotatable bonds is 5. The van der Waals surface area contributed by atoms with E-state index in [0.29, 0.717) is 48.0 Å². The van der Waals surface area contributed by atoms with E-state index in [-0.39, 0.29) is 11.1 Å². The number of aromatic nitrogens is 1. The number of carbonyl (C=O) groups excluding carboxylic acids is 3. The second kappa shape index (κ2) is 9.34. The largest absolute Gasteiger partial charge is 0.472 e. The van der Waals surface area contributed by atoms with Gasteiger partial charge in [0.15, 0.2) is 6.23 Å². The molecule has 190 valence electrons. The van der Waals surface area contributed by atoms with Crippen LogP contribution in [0.25, 0.3) is 0 Å². The predicted molar refractivity (Wildman–Crippen MR) is 132 cm³/mol. The molecule has 12 heteroatoms. The molecule has 5 rings (SSSR count). The van der Waals surface area contributed by atoms with Gasteiger partial charge in [-0.15, -0.1) is 0 Å². The molecule has 2 amide bonds. The van der Waals surface area contributed by atoms with Crippen LogP contribution in [0.2, 0.25) is 0 Å². The molecule has 0 spiro atoms. The lowest BCUT2D eigenvalue weighted by Crippen LogP contribution is -2.62. The number of benzene rings is 1. The number of amides is 2. The summed E-state index contributed by atoms with van der Waals surface area (Å²) in [6.07, 6.45) is 1.38. The van der Waals surface area contributed by atoms with Crippen molar-refractivity contribution in [3.05, 3.63) is 47.0 Å². The number of hydrogen-bond donors (Lipinski definition) is 3. The summed E-state index contributed by atoms with van der Waals surface area (Å²) in [4.78, 5) is 38.2. The number of aryl methyl sites for hydroxylation is 1. The highest BCUT2D eigenvalue weighted by Gasteiger charge is 2.44. The zero-order valence-electron chi connectivity index (χ0n) is 20.0. The minimum absolute atomic E-state index is 0.210. The summed E-state index contributed by atoms with van der Waals surface area (Å²) in [5.74, 6) is -1.55. The first-order valence-electron chi connectivity index (χ1n) is 11.5. The molecule has 0 bridgehead atoms. The van der Waals surface area contributed by atoms with Crippen LogP contribution in [-0.2, 0) is 21.4 Å². The lowest BCUT2D eigenvalue weighted by molar-refractivity contribution is -0.144. The van der Waals surface area contributed by atoms with Gasteiger partial charge in [0.1, 0.15) is 23.0 Å². The number of halogens is 1. The van der Waals surface area contributed by atoms with Gasteiger partial charge in [-0.1, -0.05) is 0 Å². The maximum atomic E-state index is 13.6. The van der Waals surface area contributed by atoms with Crippen LogP contribution in [0.4, 0.5) is 10.1 Å². The number of hydrogen-bond acceptors (Lipinski definition) is 8. The molecular formula is C24H26FN5O5S. The molecule has 2 aromatic rings. The van der Waals surface area contributed by atoms with Crippen LogP contribution < -0.4 is 20.7 Å². The first-order valence-corrected chi connectivity index (χ1v) is 12.3. The topological polar surface area (TPSA) is 123 Å². The van der Waals surface area contributed by atoms with Gasteiger partial charge in [-0.05, 0) is 56.0 Å². The van der Waals surface area contributed by atoms with Crippen molar-refractivity contribution in [3.8, 4) is 5.75 Å². The highest BCUT2D eigenvalue weighted by molar-refractivity contribution is 7.98. The van der Waals surface area contributed by atoms with Crippen molar-refractivity contribution in [1.29, 1.82) is 0 Å². The second-order valence-corrected chi connectivity index (χ2v) is 10.5. The Morgan fingerprint density at radius 2 is 2.06 bits per heavy atom. The van der Waals surface area contributed by atoms with Gasteiger partial charge in [0.2, 0.25) is 5.78 Å². The fourth-order valence-corrected chi connectivity index (χ4v) is 5.20. The van der Waals surface area contributed by atoms with Gasteiger partial charge in [0, 0.05) is 18.8 Å². The van der Waals surface area contributed by atoms with Crippen molar-refractivity contribution >= 4 is 41.4 Å². The quantitative estimate of drug-likeness (QED) is 0.409. The normalized spacial score (nSPS) is 24.7. The van der Waals surface area contributed by atoms with Gasteiger partial charge in [0.05, 0.1) is 36.3 Å². The monoisotopic (exact) mass is 515 g/mol. The second-order valence-electron chi connectivity index (χ2n) is 9.50. The number of anilines is 1. The molecule has 0 saturated carbocycles. The number of Topliss-reactive ketones (excluding diaryl/α,β-unsaturated/α-hetero) is 1. The molecule has 3 N–H and O–H groups in total. The Balaban J connectivity index is 1.30. The van der Waals surface area contributed by atoms with Crippen LogP contribution in [0.1, 0.15) is 35.1 Å². The lowest BCUT2D eigenvalue weighted by atomic mass is 9.99. The van der Waals surface area contributed by atoms with Crippen LogP contribution >= 0.6 is 11.9 Å². The van der Waals surface area contributed by atoms with E-state index in [1.165, 1.54) is 24.1 Å². The Labute approximate surface area is 211 Å². The molecular weight excluding hydrogens is 489 g/mol. The summed E-state index contributed by atoms with van der Waals surface area (Å²) in [5.41, 5.74) is 1.26. The van der Waals surface area contributed by atoms with Gasteiger partial charge in [-0.25, -0.2) is 8.79 Å². The third-order valence-corrected chi connectivity index (χ3v) is 7.42. The SMILES string of the molecule is Cc1cc(NC(=O)c2cc3c(n2C)/C=N\S[C@@H]2CC(C(=O)C(=O)NC4(C)COC4)N[C@@H]2O3)ccc1F. The van der Waals surface area contributed by atoms with Gasteiger partial charge >= 0.3 is 0 Å². The third-order valence-electron chi connectivity index (χ3n) is 6.48. The molecule has 1 aromatic carbocycles. The number of fused-ring (bicyclic) bond motifs is 2. The van der Waals surface area contributed by atoms with E-state index in [0.717, 1.165) is 0 Å². The van der Waals surface area contributed by atoms with Crippen molar-refractivity contribution in [2.45, 2.75) is 43.3 Å². The number of nitrogens with one attached hydrogen (secondary N) is 3. The van der Waals surface area contributed by atoms with Crippen LogP contribution in [0.15, 0.2) is 28.7 Å². The zero-order chi connectivity index (χ0) is 25.6. The van der Waals surface area contributed by atoms with Crippen molar-refractivity contribution < 1.29 is 28.2 Å². The van der Waals surface area contributed by atoms with E-state index in [1.54, 1.807) is 36.9 Å². The van der Waals surface area contributed by atoms with E-state index >= 15 is 0 Å². The average Bonchev–Trinajstić information content (AvgIpc) is 3.33. The Kier molecular flexibility index (Phi) is 6.35. The van der Waals surface area contributed by atoms with E-state index in [1.807, 2.05) is 6.92 Å². The fraction of sp³-hybridized carbons (Fsp3) is 0.417. The van der Waals surface area contributed by atoms with Crippen molar-refractivity contribution in [2.75, 3.05) is 18.5 Å². The van der Waals surface area contributed by atoms with E-state index < -0.39 is 35.4 Å². The summed E-state index contributed by atoms with van der Waals surface area (Å²) in [6.45, 7) is 4.19. The van der Waals surface area contributed by atoms with Crippen molar-refractivity contribution in [2.24, 2.45) is 11.4 Å². The lowest BCUT2D eigenvalue weighted by Gasteiger charge is -2.38. The van der Waals surface area contributed by atoms with Gasteiger partial charge < -0.3 is 24.7 Å². The van der Waals surface area contributed by atoms with Gasteiger partial charge in [0.25, 0.3) is 11.8 Å². The minimum atomic E-state index is -0.720. The third kappa shape index (κ3) is 4.63. The molecule has 10 nitrogen and oxygen atoms in total. The summed E-state index contributed by atoms with van der Waals surface area (Å²) in [5, 5.41) is 8.41. The molecule has 3 atom stereocenters. The molecule has 2 saturated heterocycles. The van der Waals surface area contributed by atoms with Crippen molar-refractivity contribution in [1.82, 2.24) is 15.2 Å². The summed E-state index contributed by atoms with van der Waals surface area (Å²) < 4.78 is 30.9. The average molecular weight is 516 g/mol. The number of ketones is 1. The molecule has 36 heavy (non-hydrogen) atoms. The maximum Gasteiger partial charge on any atom is 0.289 e. The van der Waals surface area contributed by atoms with Crippen LogP contribution in [0.3, 0.4) is 0 Å². The standard InChI is InChI=1S/C24H26FN5O5S/c1-12-6-13(4-5-14(12)25)27-21(32)16-8-18-17(30(16)3)9-26-36-19-7-15(28-23(19)35-18)20(31)22(33)29-24(2)10-34-11-24/h4-6,8-9,15,19,23,28H,7,10-11H2,1-3H3,(H,27,32)(H,29,33)/b26-9-/t15?,19-,23-/m1/s1. The first-order chi connectivity index (χ1) is 17.1. The molecule has 1 unspecified atom stereocenters. The van der Waals surface area contributed by atoms with Crippen LogP contribution in [0.5, 0.6) is 5.75 Å². The van der Waals surface area contributed by atoms with E-state index in [2.05, 4.69) is 20.3 Å². The first kappa shape index (κ1) is 24.5. The Morgan fingerprint density at radius 3 is 2.75 bits per heavy atom. The molecule has 0 radical (unpaired) electrons. The molecule has 3 aliphatic heterocycles. The minimum Gasteiger partial charge on any atom is -0.472 e. The zero-order valence-corrected chi connectivity index (χ0v) is 20.8. The van der Waals surface area contributed by atoms with Gasteiger partial charge in [-0.3, -0.25) is 19.7 Å². The molecule has 1 aromatic heterocycles. The number of ether oxygens (including phenoxy) is 2. The summed E-state index contributed by atoms with van der Waals surface area (Å²) in [6, 6.07) is 5.22. The summed E-state index contributed by atoms with van der Waals surface area (Å²) >= 11 is 1.25. The Hall–Kier alpha value is -3.22. The summed E-state index contributed by atoms with van der Waals surface area (Å²) in [7, 11) is 1.71. The highest BCUT2D eigenvalue weighted by Crippen LogP contribution is 2.34. The maximum absolute atomic E-state index is 13.6. The van der Waals surface area contributed by atoms with Crippen LogP contribution in [0, 0.1) is 12.7 Å². The van der Waals surface area contributed by atoms with Crippen LogP contribution in [-0.4, -0.2) is 64.7 Å². The molecule has 0 aliphatic carbocycles. The van der Waals surface area contributed by atoms with Gasteiger partial charge in [-0.2, -0.15) is 0 Å². The number of nitrogens with zero attached hydrogens (tertiary/aromatic N) is 2. The van der Waals surface area contributed by atoms with Crippen molar-refractivity contribution in [3.63, 3.8) is 0 Å². The molecule has 4 heterocycles. The Bertz CT molecular complexity index is 1270. The highest BCUT2D eigenvalue weighted by atomic mass is 32.2. The van der Waals surface area contributed by atoms with E-state index in [9.17, 15) is 18.8 Å². The predicted octanol–water partition coefficient (Wildman–Crippen LogP) is 1.72. The van der Waals surface area contributed by atoms with E-state index in [4.69, 9.17) is 9.47 Å². The molecule has 3 aliphatic rings. The fourth-order valence-electron chi connectivity index (χ4n) is 4.36. The molecule has 2 fully saturated rings. The number of carbonyl (C=O) groups is 3. The smallest absolute Gasteiger partial charge is 0.289 e.